The molecule has 0 saturated heterocycles. The lowest BCUT2D eigenvalue weighted by atomic mass is 10.2. The minimum absolute atomic E-state index is 0.174. The van der Waals surface area contributed by atoms with E-state index in [1.54, 1.807) is 31.2 Å². The molecule has 1 aromatic heterocycles. The fourth-order valence-corrected chi connectivity index (χ4v) is 3.21. The van der Waals surface area contributed by atoms with Crippen molar-refractivity contribution in [2.45, 2.75) is 18.7 Å². The Kier molecular flexibility index (Phi) is 3.57. The number of hydrogen-bond donors (Lipinski definition) is 1. The fourth-order valence-electron chi connectivity index (χ4n) is 1.98. The number of aryl methyl sites for hydroxylation is 2. The van der Waals surface area contributed by atoms with E-state index in [1.165, 1.54) is 12.1 Å². The minimum atomic E-state index is -3.58. The fraction of sp³-hybridized carbons (Fsp3) is 0.214. The van der Waals surface area contributed by atoms with Crippen LogP contribution in [0.15, 0.2) is 41.3 Å². The molecule has 0 unspecified atom stereocenters. The first-order valence-electron chi connectivity index (χ1n) is 5.87. The van der Waals surface area contributed by atoms with Gasteiger partial charge in [0, 0.05) is 17.0 Å². The number of H-pyrrole nitrogens is 1. The van der Waals surface area contributed by atoms with Crippen molar-refractivity contribution in [3.63, 3.8) is 0 Å². The summed E-state index contributed by atoms with van der Waals surface area (Å²) in [6, 6.07) is 9.69. The van der Waals surface area contributed by atoms with Crippen molar-refractivity contribution in [1.29, 1.82) is 0 Å². The second-order valence-electron chi connectivity index (χ2n) is 4.49. The van der Waals surface area contributed by atoms with Gasteiger partial charge in [-0.3, -0.25) is 4.79 Å². The summed E-state index contributed by atoms with van der Waals surface area (Å²) in [5, 5.41) is 0. The molecule has 1 heterocycles. The summed E-state index contributed by atoms with van der Waals surface area (Å²) >= 11 is 0. The Balaban J connectivity index is 2.27. The molecule has 2 rings (SSSR count). The van der Waals surface area contributed by atoms with Crippen LogP contribution in [0.1, 0.15) is 21.7 Å². The van der Waals surface area contributed by atoms with Crippen LogP contribution in [-0.4, -0.2) is 24.9 Å². The number of Topliss-reactive ketones (excluding diaryl/α,β-unsaturated/α-hetero) is 1. The van der Waals surface area contributed by atoms with E-state index in [2.05, 4.69) is 4.98 Å². The van der Waals surface area contributed by atoms with Crippen LogP contribution in [0.25, 0.3) is 0 Å². The molecule has 0 aliphatic rings. The van der Waals surface area contributed by atoms with Crippen molar-refractivity contribution >= 4 is 15.6 Å². The summed E-state index contributed by atoms with van der Waals surface area (Å²) < 4.78 is 24.2. The first-order chi connectivity index (χ1) is 8.90. The zero-order valence-corrected chi connectivity index (χ0v) is 11.6. The third-order valence-electron chi connectivity index (χ3n) is 2.87. The maximum Gasteiger partial charge on any atom is 0.185 e. The number of benzene rings is 1. The van der Waals surface area contributed by atoms with E-state index in [9.17, 15) is 13.2 Å². The minimum Gasteiger partial charge on any atom is -0.362 e. The molecule has 0 saturated carbocycles. The van der Waals surface area contributed by atoms with Gasteiger partial charge in [0.05, 0.1) is 4.90 Å². The molecule has 0 bridgehead atoms. The molecule has 0 amide bonds. The lowest BCUT2D eigenvalue weighted by molar-refractivity contribution is 0.102. The van der Waals surface area contributed by atoms with E-state index in [-0.39, 0.29) is 10.7 Å². The van der Waals surface area contributed by atoms with Gasteiger partial charge in [0.2, 0.25) is 0 Å². The molecular formula is C14H15NO3S. The van der Waals surface area contributed by atoms with Gasteiger partial charge in [0.15, 0.2) is 15.6 Å². The van der Waals surface area contributed by atoms with E-state index in [4.69, 9.17) is 0 Å². The zero-order valence-electron chi connectivity index (χ0n) is 10.8. The van der Waals surface area contributed by atoms with Crippen LogP contribution < -0.4 is 0 Å². The van der Waals surface area contributed by atoms with Gasteiger partial charge in [-0.25, -0.2) is 8.42 Å². The molecule has 0 fully saturated rings. The molecule has 100 valence electrons. The lowest BCUT2D eigenvalue weighted by Gasteiger charge is -2.03. The van der Waals surface area contributed by atoms with Crippen LogP contribution in [0, 0.1) is 13.8 Å². The summed E-state index contributed by atoms with van der Waals surface area (Å²) in [4.78, 5) is 15.2. The highest BCUT2D eigenvalue weighted by Crippen LogP contribution is 2.15. The number of sulfone groups is 1. The predicted molar refractivity (Wildman–Crippen MR) is 73.1 cm³/mol. The maximum atomic E-state index is 12.1. The first kappa shape index (κ1) is 13.5. The zero-order chi connectivity index (χ0) is 14.0. The van der Waals surface area contributed by atoms with Gasteiger partial charge >= 0.3 is 0 Å². The van der Waals surface area contributed by atoms with Crippen molar-refractivity contribution in [3.8, 4) is 0 Å². The number of rotatable bonds is 4. The Morgan fingerprint density at radius 3 is 2.32 bits per heavy atom. The number of ketones is 1. The van der Waals surface area contributed by atoms with Gasteiger partial charge in [-0.1, -0.05) is 18.2 Å². The summed E-state index contributed by atoms with van der Waals surface area (Å²) in [5.74, 6) is -0.888. The van der Waals surface area contributed by atoms with Crippen molar-refractivity contribution < 1.29 is 13.2 Å². The van der Waals surface area contributed by atoms with Gasteiger partial charge in [-0.15, -0.1) is 0 Å². The second kappa shape index (κ2) is 5.01. The molecular weight excluding hydrogens is 262 g/mol. The van der Waals surface area contributed by atoms with Gasteiger partial charge in [-0.05, 0) is 32.0 Å². The first-order valence-corrected chi connectivity index (χ1v) is 7.52. The van der Waals surface area contributed by atoms with Crippen molar-refractivity contribution in [2.24, 2.45) is 0 Å². The molecule has 19 heavy (non-hydrogen) atoms. The van der Waals surface area contributed by atoms with Gasteiger partial charge in [-0.2, -0.15) is 0 Å². The Morgan fingerprint density at radius 1 is 1.16 bits per heavy atom. The van der Waals surface area contributed by atoms with Gasteiger partial charge < -0.3 is 4.98 Å². The average molecular weight is 277 g/mol. The van der Waals surface area contributed by atoms with E-state index in [1.807, 2.05) is 6.92 Å². The summed E-state index contributed by atoms with van der Waals surface area (Å²) in [7, 11) is -3.58. The number of hydrogen-bond acceptors (Lipinski definition) is 3. The third-order valence-corrected chi connectivity index (χ3v) is 4.51. The number of nitrogens with one attached hydrogen (secondary N) is 1. The van der Waals surface area contributed by atoms with E-state index >= 15 is 0 Å². The van der Waals surface area contributed by atoms with Crippen LogP contribution in [0.2, 0.25) is 0 Å². The third kappa shape index (κ3) is 2.93. The molecule has 1 N–H and O–H groups in total. The molecule has 4 nitrogen and oxygen atoms in total. The molecule has 1 aromatic carbocycles. The second-order valence-corrected chi connectivity index (χ2v) is 6.48. The Hall–Kier alpha value is -1.88. The largest absolute Gasteiger partial charge is 0.362 e. The molecule has 2 aromatic rings. The van der Waals surface area contributed by atoms with Crippen molar-refractivity contribution in [1.82, 2.24) is 4.98 Å². The van der Waals surface area contributed by atoms with E-state index < -0.39 is 15.6 Å². The highest BCUT2D eigenvalue weighted by molar-refractivity contribution is 7.92. The quantitative estimate of drug-likeness (QED) is 0.872. The molecule has 0 radical (unpaired) electrons. The number of carbonyl (C=O) groups is 1. The highest BCUT2D eigenvalue weighted by Gasteiger charge is 2.21. The Morgan fingerprint density at radius 2 is 1.79 bits per heavy atom. The smallest absolute Gasteiger partial charge is 0.185 e. The topological polar surface area (TPSA) is 67.0 Å². The summed E-state index contributed by atoms with van der Waals surface area (Å²) in [5.41, 5.74) is 1.99. The van der Waals surface area contributed by atoms with E-state index in [0.717, 1.165) is 5.69 Å². The molecule has 5 heteroatoms. The van der Waals surface area contributed by atoms with Gasteiger partial charge in [0.1, 0.15) is 5.75 Å². The molecule has 0 aliphatic heterocycles. The summed E-state index contributed by atoms with van der Waals surface area (Å²) in [6.45, 7) is 3.59. The lowest BCUT2D eigenvalue weighted by Crippen LogP contribution is -2.16. The van der Waals surface area contributed by atoms with Crippen LogP contribution in [0.5, 0.6) is 0 Å². The van der Waals surface area contributed by atoms with Crippen LogP contribution in [0.4, 0.5) is 0 Å². The monoisotopic (exact) mass is 277 g/mol. The molecule has 0 spiro atoms. The summed E-state index contributed by atoms with van der Waals surface area (Å²) in [6.07, 6.45) is 0. The Labute approximate surface area is 112 Å². The highest BCUT2D eigenvalue weighted by atomic mass is 32.2. The molecule has 0 atom stereocenters. The predicted octanol–water partition coefficient (Wildman–Crippen LogP) is 2.29. The molecule has 0 aliphatic carbocycles. The number of aromatic nitrogens is 1. The van der Waals surface area contributed by atoms with Crippen molar-refractivity contribution in [3.05, 3.63) is 53.3 Å². The van der Waals surface area contributed by atoms with Crippen LogP contribution in [-0.2, 0) is 9.84 Å². The van der Waals surface area contributed by atoms with Gasteiger partial charge in [0.25, 0.3) is 0 Å². The van der Waals surface area contributed by atoms with Crippen LogP contribution in [0.3, 0.4) is 0 Å². The number of carbonyl (C=O) groups excluding carboxylic acids is 1. The van der Waals surface area contributed by atoms with E-state index in [0.29, 0.717) is 11.3 Å². The standard InChI is InChI=1S/C14H15NO3S/c1-10-8-13(11(2)15-10)14(16)9-19(17,18)12-6-4-3-5-7-12/h3-8,15H,9H2,1-2H3. The normalized spacial score (nSPS) is 11.5. The van der Waals surface area contributed by atoms with Crippen molar-refractivity contribution in [2.75, 3.05) is 5.75 Å². The SMILES string of the molecule is Cc1cc(C(=O)CS(=O)(=O)c2ccccc2)c(C)[nH]1. The maximum absolute atomic E-state index is 12.1. The Bertz CT molecular complexity index is 700. The number of aromatic amines is 1. The van der Waals surface area contributed by atoms with Crippen LogP contribution >= 0.6 is 0 Å². The average Bonchev–Trinajstić information content (AvgIpc) is 2.69.